The summed E-state index contributed by atoms with van der Waals surface area (Å²) < 4.78 is 15.3. The second-order valence-electron chi connectivity index (χ2n) is 5.67. The molecule has 1 amide bonds. The first kappa shape index (κ1) is 18.6. The van der Waals surface area contributed by atoms with Gasteiger partial charge in [-0.25, -0.2) is 9.07 Å². The van der Waals surface area contributed by atoms with E-state index in [1.54, 1.807) is 19.1 Å². The van der Waals surface area contributed by atoms with Crippen LogP contribution in [0.15, 0.2) is 46.9 Å². The highest BCUT2D eigenvalue weighted by Crippen LogP contribution is 2.19. The predicted octanol–water partition coefficient (Wildman–Crippen LogP) is 3.32. The van der Waals surface area contributed by atoms with Gasteiger partial charge in [0.15, 0.2) is 5.69 Å². The molecule has 0 saturated heterocycles. The van der Waals surface area contributed by atoms with Crippen molar-refractivity contribution in [2.75, 3.05) is 0 Å². The van der Waals surface area contributed by atoms with Crippen LogP contribution in [0.4, 0.5) is 10.1 Å². The SMILES string of the molecule is Cc1c(C(=O)NCc2cc(F)cc(Br)c2)nnn1-c1cccc([N+](=O)[O-])c1. The number of hydrogen-bond acceptors (Lipinski definition) is 5. The highest BCUT2D eigenvalue weighted by molar-refractivity contribution is 9.10. The summed E-state index contributed by atoms with van der Waals surface area (Å²) in [6.45, 7) is 1.74. The second kappa shape index (κ2) is 7.62. The van der Waals surface area contributed by atoms with E-state index in [9.17, 15) is 19.3 Å². The molecule has 0 aliphatic heterocycles. The lowest BCUT2D eigenvalue weighted by molar-refractivity contribution is -0.384. The quantitative estimate of drug-likeness (QED) is 0.490. The Morgan fingerprint density at radius 3 is 2.81 bits per heavy atom. The van der Waals surface area contributed by atoms with Crippen LogP contribution < -0.4 is 5.32 Å². The summed E-state index contributed by atoms with van der Waals surface area (Å²) in [7, 11) is 0. The Morgan fingerprint density at radius 1 is 1.33 bits per heavy atom. The van der Waals surface area contributed by atoms with E-state index in [0.29, 0.717) is 21.4 Å². The lowest BCUT2D eigenvalue weighted by Crippen LogP contribution is -2.24. The van der Waals surface area contributed by atoms with Crippen molar-refractivity contribution < 1.29 is 14.1 Å². The van der Waals surface area contributed by atoms with Gasteiger partial charge in [-0.15, -0.1) is 5.10 Å². The topological polar surface area (TPSA) is 103 Å². The fourth-order valence-corrected chi connectivity index (χ4v) is 3.01. The lowest BCUT2D eigenvalue weighted by Gasteiger charge is -2.06. The van der Waals surface area contributed by atoms with Gasteiger partial charge in [-0.2, -0.15) is 0 Å². The standard InChI is InChI=1S/C17H13BrFN5O3/c1-10-16(17(25)20-9-11-5-12(18)7-13(19)6-11)21-22-23(10)14-3-2-4-15(8-14)24(26)27/h2-8H,9H2,1H3,(H,20,25). The van der Waals surface area contributed by atoms with Gasteiger partial charge in [0.1, 0.15) is 5.82 Å². The summed E-state index contributed by atoms with van der Waals surface area (Å²) in [4.78, 5) is 22.8. The fraction of sp³-hybridized carbons (Fsp3) is 0.118. The second-order valence-corrected chi connectivity index (χ2v) is 6.59. The summed E-state index contributed by atoms with van der Waals surface area (Å²) in [5, 5.41) is 21.3. The minimum Gasteiger partial charge on any atom is -0.347 e. The number of carbonyl (C=O) groups excluding carboxylic acids is 1. The van der Waals surface area contributed by atoms with Crippen LogP contribution in [0.1, 0.15) is 21.7 Å². The molecule has 3 aromatic rings. The maximum absolute atomic E-state index is 13.4. The molecule has 0 atom stereocenters. The van der Waals surface area contributed by atoms with E-state index in [0.717, 1.165) is 0 Å². The smallest absolute Gasteiger partial charge is 0.274 e. The average molecular weight is 434 g/mol. The number of halogens is 2. The molecular weight excluding hydrogens is 421 g/mol. The number of rotatable bonds is 5. The summed E-state index contributed by atoms with van der Waals surface area (Å²) in [6, 6.07) is 10.2. The highest BCUT2D eigenvalue weighted by atomic mass is 79.9. The van der Waals surface area contributed by atoms with Gasteiger partial charge in [-0.1, -0.05) is 27.2 Å². The van der Waals surface area contributed by atoms with E-state index in [1.807, 2.05) is 0 Å². The Labute approximate surface area is 161 Å². The van der Waals surface area contributed by atoms with E-state index in [4.69, 9.17) is 0 Å². The molecule has 0 saturated carbocycles. The molecule has 8 nitrogen and oxygen atoms in total. The first-order valence-corrected chi connectivity index (χ1v) is 8.55. The van der Waals surface area contributed by atoms with E-state index >= 15 is 0 Å². The molecule has 3 rings (SSSR count). The third-order valence-corrected chi connectivity index (χ3v) is 4.23. The Morgan fingerprint density at radius 2 is 2.11 bits per heavy atom. The Hall–Kier alpha value is -3.14. The number of nitrogens with one attached hydrogen (secondary N) is 1. The maximum atomic E-state index is 13.4. The van der Waals surface area contributed by atoms with Crippen LogP contribution in [0, 0.1) is 22.9 Å². The molecule has 138 valence electrons. The summed E-state index contributed by atoms with van der Waals surface area (Å²) in [5.74, 6) is -0.897. The average Bonchev–Trinajstić information content (AvgIpc) is 3.00. The van der Waals surface area contributed by atoms with Crippen LogP contribution >= 0.6 is 15.9 Å². The van der Waals surface area contributed by atoms with Crippen LogP contribution in [0.25, 0.3) is 5.69 Å². The minimum atomic E-state index is -0.513. The van der Waals surface area contributed by atoms with Crippen molar-refractivity contribution in [1.82, 2.24) is 20.3 Å². The molecule has 2 aromatic carbocycles. The minimum absolute atomic E-state index is 0.0805. The molecule has 1 heterocycles. The van der Waals surface area contributed by atoms with E-state index in [1.165, 1.54) is 35.0 Å². The van der Waals surface area contributed by atoms with Crippen LogP contribution in [-0.4, -0.2) is 25.8 Å². The molecule has 0 radical (unpaired) electrons. The Kier molecular flexibility index (Phi) is 5.26. The molecule has 0 unspecified atom stereocenters. The molecule has 0 bridgehead atoms. The number of benzene rings is 2. The molecule has 27 heavy (non-hydrogen) atoms. The normalized spacial score (nSPS) is 10.6. The number of nitrogens with zero attached hydrogens (tertiary/aromatic N) is 4. The highest BCUT2D eigenvalue weighted by Gasteiger charge is 2.18. The van der Waals surface area contributed by atoms with Crippen molar-refractivity contribution in [2.24, 2.45) is 0 Å². The van der Waals surface area contributed by atoms with Gasteiger partial charge in [0.25, 0.3) is 11.6 Å². The number of non-ortho nitro benzene ring substituents is 1. The molecule has 0 fully saturated rings. The van der Waals surface area contributed by atoms with Crippen molar-refractivity contribution in [2.45, 2.75) is 13.5 Å². The van der Waals surface area contributed by atoms with Crippen molar-refractivity contribution >= 4 is 27.5 Å². The summed E-state index contributed by atoms with van der Waals surface area (Å²) in [5.41, 5.74) is 1.41. The third kappa shape index (κ3) is 4.17. The van der Waals surface area contributed by atoms with Gasteiger partial charge in [0, 0.05) is 23.2 Å². The molecule has 1 N–H and O–H groups in total. The van der Waals surface area contributed by atoms with Crippen molar-refractivity contribution in [3.8, 4) is 5.69 Å². The molecule has 0 spiro atoms. The third-order valence-electron chi connectivity index (χ3n) is 3.77. The summed E-state index contributed by atoms with van der Waals surface area (Å²) >= 11 is 3.20. The lowest BCUT2D eigenvalue weighted by atomic mass is 10.2. The number of nitro benzene ring substituents is 1. The largest absolute Gasteiger partial charge is 0.347 e. The van der Waals surface area contributed by atoms with Crippen LogP contribution in [-0.2, 0) is 6.54 Å². The van der Waals surface area contributed by atoms with Crippen LogP contribution in [0.3, 0.4) is 0 Å². The first-order chi connectivity index (χ1) is 12.8. The van der Waals surface area contributed by atoms with Gasteiger partial charge < -0.3 is 5.32 Å². The zero-order valence-corrected chi connectivity index (χ0v) is 15.6. The maximum Gasteiger partial charge on any atom is 0.274 e. The number of amides is 1. The van der Waals surface area contributed by atoms with Gasteiger partial charge in [-0.3, -0.25) is 14.9 Å². The van der Waals surface area contributed by atoms with Gasteiger partial charge in [0.2, 0.25) is 0 Å². The number of aromatic nitrogens is 3. The molecular formula is C17H13BrFN5O3. The van der Waals surface area contributed by atoms with Crippen LogP contribution in [0.2, 0.25) is 0 Å². The van der Waals surface area contributed by atoms with E-state index in [-0.39, 0.29) is 17.9 Å². The van der Waals surface area contributed by atoms with E-state index in [2.05, 4.69) is 31.6 Å². The van der Waals surface area contributed by atoms with Crippen molar-refractivity contribution in [1.29, 1.82) is 0 Å². The number of hydrogen-bond donors (Lipinski definition) is 1. The molecule has 10 heteroatoms. The fourth-order valence-electron chi connectivity index (χ4n) is 2.50. The van der Waals surface area contributed by atoms with Gasteiger partial charge in [0.05, 0.1) is 16.3 Å². The first-order valence-electron chi connectivity index (χ1n) is 7.75. The van der Waals surface area contributed by atoms with Gasteiger partial charge >= 0.3 is 0 Å². The zero-order chi connectivity index (χ0) is 19.6. The zero-order valence-electron chi connectivity index (χ0n) is 14.0. The van der Waals surface area contributed by atoms with E-state index < -0.39 is 16.6 Å². The Balaban J connectivity index is 1.79. The monoisotopic (exact) mass is 433 g/mol. The molecule has 0 aliphatic rings. The number of nitro groups is 1. The molecule has 0 aliphatic carbocycles. The summed E-state index contributed by atoms with van der Waals surface area (Å²) in [6.07, 6.45) is 0. The predicted molar refractivity (Wildman–Crippen MR) is 98.0 cm³/mol. The van der Waals surface area contributed by atoms with Crippen LogP contribution in [0.5, 0.6) is 0 Å². The van der Waals surface area contributed by atoms with Gasteiger partial charge in [-0.05, 0) is 36.8 Å². The Bertz CT molecular complexity index is 1020. The van der Waals surface area contributed by atoms with Crippen molar-refractivity contribution in [3.05, 3.63) is 79.8 Å². The number of carbonyl (C=O) groups is 1. The van der Waals surface area contributed by atoms with Crippen molar-refractivity contribution in [3.63, 3.8) is 0 Å². The molecule has 1 aromatic heterocycles.